The molecule has 3 aromatic rings. The Morgan fingerprint density at radius 3 is 2.40 bits per heavy atom. The second-order valence-corrected chi connectivity index (χ2v) is 10.0. The molecule has 3 rings (SSSR count). The van der Waals surface area contributed by atoms with E-state index in [1.54, 1.807) is 35.1 Å². The number of hydrogen-bond donors (Lipinski definition) is 1. The van der Waals surface area contributed by atoms with Gasteiger partial charge in [-0.25, -0.2) is 0 Å². The third-order valence-corrected chi connectivity index (χ3v) is 6.09. The number of halogens is 2. The fourth-order valence-electron chi connectivity index (χ4n) is 2.69. The Bertz CT molecular complexity index is 1030. The Morgan fingerprint density at radius 2 is 1.73 bits per heavy atom. The van der Waals surface area contributed by atoms with Gasteiger partial charge >= 0.3 is 0 Å². The minimum atomic E-state index is -0.711. The summed E-state index contributed by atoms with van der Waals surface area (Å²) in [6.07, 6.45) is 1.80. The van der Waals surface area contributed by atoms with Crippen molar-refractivity contribution < 1.29 is 9.59 Å². The van der Waals surface area contributed by atoms with E-state index in [0.717, 1.165) is 8.95 Å². The number of hydrogen-bond acceptors (Lipinski definition) is 5. The zero-order valence-corrected chi connectivity index (χ0v) is 20.4. The summed E-state index contributed by atoms with van der Waals surface area (Å²) in [5.41, 5.74) is 1.15. The van der Waals surface area contributed by atoms with Gasteiger partial charge in [-0.2, -0.15) is 0 Å². The molecule has 1 heterocycles. The third kappa shape index (κ3) is 6.02. The quantitative estimate of drug-likeness (QED) is 0.445. The van der Waals surface area contributed by atoms with Gasteiger partial charge in [0.15, 0.2) is 0 Å². The zero-order chi connectivity index (χ0) is 21.7. The lowest BCUT2D eigenvalue weighted by Crippen LogP contribution is -2.41. The number of aromatic nitrogens is 3. The summed E-state index contributed by atoms with van der Waals surface area (Å²) in [7, 11) is 0. The van der Waals surface area contributed by atoms with Gasteiger partial charge in [-0.1, -0.05) is 79.2 Å². The van der Waals surface area contributed by atoms with E-state index < -0.39 is 5.54 Å². The molecule has 0 aliphatic heterocycles. The second kappa shape index (κ2) is 9.89. The Balaban J connectivity index is 1.58. The number of nitrogens with zero attached hydrogens (tertiary/aromatic N) is 3. The predicted octanol–water partition coefficient (Wildman–Crippen LogP) is 5.04. The van der Waals surface area contributed by atoms with Crippen LogP contribution in [0.3, 0.4) is 0 Å². The van der Waals surface area contributed by atoms with Crippen LogP contribution >= 0.6 is 43.6 Å². The molecule has 0 saturated heterocycles. The number of nitrogens with one attached hydrogen (secondary N) is 1. The van der Waals surface area contributed by atoms with E-state index >= 15 is 0 Å². The average Bonchev–Trinajstić information content (AvgIpc) is 3.17. The fourth-order valence-corrected chi connectivity index (χ4v) is 4.75. The maximum Gasteiger partial charge on any atom is 0.252 e. The van der Waals surface area contributed by atoms with Crippen molar-refractivity contribution in [3.05, 3.63) is 80.5 Å². The molecule has 0 fully saturated rings. The van der Waals surface area contributed by atoms with E-state index in [4.69, 9.17) is 0 Å². The first kappa shape index (κ1) is 22.7. The van der Waals surface area contributed by atoms with Gasteiger partial charge in [0.25, 0.3) is 5.91 Å². The number of carbonyl (C=O) groups is 2. The molecule has 0 unspecified atom stereocenters. The first-order valence-corrected chi connectivity index (χ1v) is 11.7. The molecule has 0 radical (unpaired) electrons. The monoisotopic (exact) mass is 550 g/mol. The topological polar surface area (TPSA) is 76.9 Å². The van der Waals surface area contributed by atoms with Gasteiger partial charge in [0, 0.05) is 25.8 Å². The molecule has 0 aliphatic rings. The van der Waals surface area contributed by atoms with Gasteiger partial charge in [-0.3, -0.25) is 14.3 Å². The number of amides is 1. The number of rotatable bonds is 7. The van der Waals surface area contributed by atoms with Crippen molar-refractivity contribution in [1.82, 2.24) is 20.3 Å². The maximum absolute atomic E-state index is 12.7. The fraction of sp³-hybridized carbons (Fsp3) is 0.238. The third-order valence-electron chi connectivity index (χ3n) is 4.29. The Labute approximate surface area is 196 Å². The second-order valence-electron chi connectivity index (χ2n) is 7.11. The molecule has 0 saturated carbocycles. The number of carbonyl (C=O) groups excluding carboxylic acids is 2. The first-order chi connectivity index (χ1) is 14.2. The highest BCUT2D eigenvalue weighted by molar-refractivity contribution is 9.11. The van der Waals surface area contributed by atoms with Crippen LogP contribution in [0, 0.1) is 0 Å². The molecule has 0 aliphatic carbocycles. The molecule has 0 spiro atoms. The number of aryl methyl sites for hydroxylation is 1. The lowest BCUT2D eigenvalue weighted by atomic mass is 10.0. The van der Waals surface area contributed by atoms with Gasteiger partial charge in [0.2, 0.25) is 5.12 Å². The van der Waals surface area contributed by atoms with Crippen LogP contribution in [0.15, 0.2) is 63.7 Å². The largest absolute Gasteiger partial charge is 0.341 e. The minimum Gasteiger partial charge on any atom is -0.341 e. The van der Waals surface area contributed by atoms with Gasteiger partial charge in [0.05, 0.1) is 18.3 Å². The highest BCUT2D eigenvalue weighted by Gasteiger charge is 2.27. The molecule has 156 valence electrons. The number of thioether (sulfide) groups is 1. The van der Waals surface area contributed by atoms with Crippen molar-refractivity contribution in [2.24, 2.45) is 0 Å². The molecule has 0 atom stereocenters. The van der Waals surface area contributed by atoms with Gasteiger partial charge < -0.3 is 5.32 Å². The van der Waals surface area contributed by atoms with Crippen LogP contribution in [0.5, 0.6) is 0 Å². The Kier molecular flexibility index (Phi) is 7.49. The summed E-state index contributed by atoms with van der Waals surface area (Å²) in [5, 5.41) is 11.4. The van der Waals surface area contributed by atoms with Crippen LogP contribution in [0.25, 0.3) is 0 Å². The SMILES string of the molecule is CC(C)(NC(=O)c1cc(Br)cc(Br)c1)c1cn(CCSC(=O)c2ccccc2)nn1. The molecular weight excluding hydrogens is 532 g/mol. The maximum atomic E-state index is 12.7. The molecule has 1 aromatic heterocycles. The van der Waals surface area contributed by atoms with E-state index in [1.807, 2.05) is 38.1 Å². The average molecular weight is 552 g/mol. The van der Waals surface area contributed by atoms with Crippen LogP contribution in [0.1, 0.15) is 40.3 Å². The van der Waals surface area contributed by atoms with E-state index in [1.165, 1.54) is 11.8 Å². The van der Waals surface area contributed by atoms with E-state index in [0.29, 0.717) is 29.1 Å². The minimum absolute atomic E-state index is 0.0312. The molecule has 6 nitrogen and oxygen atoms in total. The molecule has 1 N–H and O–H groups in total. The van der Waals surface area contributed by atoms with Crippen molar-refractivity contribution in [2.75, 3.05) is 5.75 Å². The van der Waals surface area contributed by atoms with E-state index in [-0.39, 0.29) is 11.0 Å². The summed E-state index contributed by atoms with van der Waals surface area (Å²) in [4.78, 5) is 24.8. The molecule has 9 heteroatoms. The molecule has 2 aromatic carbocycles. The summed E-state index contributed by atoms with van der Waals surface area (Å²) >= 11 is 8.04. The Morgan fingerprint density at radius 1 is 1.07 bits per heavy atom. The summed E-state index contributed by atoms with van der Waals surface area (Å²) < 4.78 is 3.31. The van der Waals surface area contributed by atoms with Crippen LogP contribution in [-0.2, 0) is 12.1 Å². The van der Waals surface area contributed by atoms with Crippen molar-refractivity contribution in [1.29, 1.82) is 0 Å². The number of benzene rings is 2. The highest BCUT2D eigenvalue weighted by Crippen LogP contribution is 2.22. The smallest absolute Gasteiger partial charge is 0.252 e. The van der Waals surface area contributed by atoms with Crippen LogP contribution in [0.2, 0.25) is 0 Å². The lowest BCUT2D eigenvalue weighted by Gasteiger charge is -2.23. The highest BCUT2D eigenvalue weighted by atomic mass is 79.9. The first-order valence-electron chi connectivity index (χ1n) is 9.16. The van der Waals surface area contributed by atoms with Crippen molar-refractivity contribution in [2.45, 2.75) is 25.9 Å². The molecular formula is C21H20Br2N4O2S. The van der Waals surface area contributed by atoms with Gasteiger partial charge in [0.1, 0.15) is 5.69 Å². The summed E-state index contributed by atoms with van der Waals surface area (Å²) in [6.45, 7) is 4.29. The van der Waals surface area contributed by atoms with Gasteiger partial charge in [-0.05, 0) is 32.0 Å². The standard InChI is InChI=1S/C21H20Br2N4O2S/c1-21(2,24-19(28)15-10-16(22)12-17(23)11-15)18-13-27(26-25-18)8-9-30-20(29)14-6-4-3-5-7-14/h3-7,10-13H,8-9H2,1-2H3,(H,24,28). The lowest BCUT2D eigenvalue weighted by molar-refractivity contribution is 0.0909. The van der Waals surface area contributed by atoms with Crippen molar-refractivity contribution in [3.8, 4) is 0 Å². The van der Waals surface area contributed by atoms with Crippen LogP contribution in [0.4, 0.5) is 0 Å². The predicted molar refractivity (Wildman–Crippen MR) is 126 cm³/mol. The summed E-state index contributed by atoms with van der Waals surface area (Å²) in [5.74, 6) is 0.371. The normalized spacial score (nSPS) is 11.3. The molecule has 0 bridgehead atoms. The van der Waals surface area contributed by atoms with Crippen molar-refractivity contribution >= 4 is 54.6 Å². The summed E-state index contributed by atoms with van der Waals surface area (Å²) in [6, 6.07) is 14.6. The van der Waals surface area contributed by atoms with E-state index in [2.05, 4.69) is 47.5 Å². The van der Waals surface area contributed by atoms with Crippen LogP contribution < -0.4 is 5.32 Å². The van der Waals surface area contributed by atoms with E-state index in [9.17, 15) is 9.59 Å². The molecule has 1 amide bonds. The van der Waals surface area contributed by atoms with Crippen molar-refractivity contribution in [3.63, 3.8) is 0 Å². The van der Waals surface area contributed by atoms with Gasteiger partial charge in [-0.15, -0.1) is 5.10 Å². The molecule has 30 heavy (non-hydrogen) atoms. The zero-order valence-electron chi connectivity index (χ0n) is 16.4. The van der Waals surface area contributed by atoms with Crippen LogP contribution in [-0.4, -0.2) is 31.8 Å². The Hall–Kier alpha value is -1.97.